The Balaban J connectivity index is 2.31. The van der Waals surface area contributed by atoms with Gasteiger partial charge in [-0.1, -0.05) is 17.7 Å². The normalized spacial score (nSPS) is 29.0. The number of aliphatic imine (C=N–C) groups is 1. The smallest absolute Gasteiger partial charge is 0.0716 e. The van der Waals surface area contributed by atoms with Crippen molar-refractivity contribution in [1.29, 1.82) is 0 Å². The molecule has 2 rings (SSSR count). The zero-order chi connectivity index (χ0) is 7.68. The summed E-state index contributed by atoms with van der Waals surface area (Å²) < 4.78 is 0. The molecule has 0 fully saturated rings. The highest BCUT2D eigenvalue weighted by Crippen LogP contribution is 2.27. The van der Waals surface area contributed by atoms with E-state index < -0.39 is 0 Å². The summed E-state index contributed by atoms with van der Waals surface area (Å²) in [5, 5.41) is 0. The van der Waals surface area contributed by atoms with E-state index in [9.17, 15) is 0 Å². The molecule has 0 amide bonds. The van der Waals surface area contributed by atoms with Crippen molar-refractivity contribution in [3.8, 4) is 0 Å². The van der Waals surface area contributed by atoms with E-state index in [1.54, 1.807) is 5.57 Å². The minimum atomic E-state index is 0.412. The van der Waals surface area contributed by atoms with E-state index in [4.69, 9.17) is 0 Å². The molecule has 0 spiro atoms. The molecule has 58 valence electrons. The number of nitrogens with zero attached hydrogens (tertiary/aromatic N) is 1. The topological polar surface area (TPSA) is 12.4 Å². The van der Waals surface area contributed by atoms with Crippen LogP contribution < -0.4 is 0 Å². The summed E-state index contributed by atoms with van der Waals surface area (Å²) in [6, 6.07) is 0.412. The third kappa shape index (κ3) is 1.15. The molecule has 1 atom stereocenters. The molecule has 2 aliphatic rings. The summed E-state index contributed by atoms with van der Waals surface area (Å²) in [4.78, 5) is 4.38. The van der Waals surface area contributed by atoms with Gasteiger partial charge in [0.25, 0.3) is 0 Å². The van der Waals surface area contributed by atoms with Crippen LogP contribution in [0.4, 0.5) is 0 Å². The second-order valence-electron chi connectivity index (χ2n) is 3.21. The number of dihydropyridines is 1. The molecule has 1 aliphatic heterocycles. The molecule has 0 N–H and O–H groups in total. The van der Waals surface area contributed by atoms with Gasteiger partial charge in [-0.3, -0.25) is 4.99 Å². The molecule has 0 aromatic carbocycles. The van der Waals surface area contributed by atoms with Crippen LogP contribution in [0.15, 0.2) is 28.3 Å². The molecular formula is C10H13N. The van der Waals surface area contributed by atoms with Gasteiger partial charge in [0, 0.05) is 12.6 Å². The van der Waals surface area contributed by atoms with E-state index in [0.717, 1.165) is 6.42 Å². The molecule has 0 aromatic heterocycles. The van der Waals surface area contributed by atoms with Crippen LogP contribution in [-0.2, 0) is 0 Å². The van der Waals surface area contributed by atoms with Crippen LogP contribution in [0.3, 0.4) is 0 Å². The van der Waals surface area contributed by atoms with Crippen molar-refractivity contribution < 1.29 is 0 Å². The van der Waals surface area contributed by atoms with Gasteiger partial charge in [-0.2, -0.15) is 0 Å². The molecule has 1 aliphatic carbocycles. The Morgan fingerprint density at radius 1 is 1.55 bits per heavy atom. The Labute approximate surface area is 67.5 Å². The van der Waals surface area contributed by atoms with Gasteiger partial charge >= 0.3 is 0 Å². The maximum atomic E-state index is 4.38. The molecule has 1 nitrogen and oxygen atoms in total. The average molecular weight is 147 g/mol. The van der Waals surface area contributed by atoms with Gasteiger partial charge in [0.1, 0.15) is 0 Å². The van der Waals surface area contributed by atoms with Crippen LogP contribution in [0.25, 0.3) is 0 Å². The maximum Gasteiger partial charge on any atom is 0.0716 e. The molecule has 0 radical (unpaired) electrons. The zero-order valence-electron chi connectivity index (χ0n) is 6.88. The fourth-order valence-electron chi connectivity index (χ4n) is 1.79. The quantitative estimate of drug-likeness (QED) is 0.499. The van der Waals surface area contributed by atoms with Crippen molar-refractivity contribution in [2.24, 2.45) is 4.99 Å². The lowest BCUT2D eigenvalue weighted by Gasteiger charge is -2.21. The summed E-state index contributed by atoms with van der Waals surface area (Å²) in [5.74, 6) is 0. The Morgan fingerprint density at radius 3 is 3.27 bits per heavy atom. The summed E-state index contributed by atoms with van der Waals surface area (Å²) in [6.07, 6.45) is 10.1. The van der Waals surface area contributed by atoms with Crippen LogP contribution in [0, 0.1) is 0 Å². The summed E-state index contributed by atoms with van der Waals surface area (Å²) in [6.45, 7) is 2.17. The minimum Gasteiger partial charge on any atom is -0.289 e. The number of hydrogen-bond acceptors (Lipinski definition) is 1. The average Bonchev–Trinajstić information content (AvgIpc) is 2.06. The van der Waals surface area contributed by atoms with E-state index in [2.05, 4.69) is 30.3 Å². The fraction of sp³-hybridized carbons (Fsp3) is 0.500. The van der Waals surface area contributed by atoms with E-state index >= 15 is 0 Å². The monoisotopic (exact) mass is 147 g/mol. The van der Waals surface area contributed by atoms with Gasteiger partial charge < -0.3 is 0 Å². The molecule has 0 aromatic rings. The molecule has 1 heteroatoms. The first-order valence-corrected chi connectivity index (χ1v) is 4.28. The van der Waals surface area contributed by atoms with E-state index in [-0.39, 0.29) is 0 Å². The molecule has 0 saturated carbocycles. The van der Waals surface area contributed by atoms with Gasteiger partial charge in [-0.15, -0.1) is 0 Å². The van der Waals surface area contributed by atoms with Crippen molar-refractivity contribution in [3.63, 3.8) is 0 Å². The predicted octanol–water partition coefficient (Wildman–Crippen LogP) is 2.50. The maximum absolute atomic E-state index is 4.38. The number of hydrogen-bond donors (Lipinski definition) is 0. The van der Waals surface area contributed by atoms with Crippen molar-refractivity contribution in [3.05, 3.63) is 23.3 Å². The first-order valence-electron chi connectivity index (χ1n) is 4.28. The van der Waals surface area contributed by atoms with Crippen LogP contribution in [-0.4, -0.2) is 12.3 Å². The molecule has 11 heavy (non-hydrogen) atoms. The van der Waals surface area contributed by atoms with Gasteiger partial charge in [-0.05, 0) is 25.3 Å². The highest BCUT2D eigenvalue weighted by atomic mass is 14.8. The Kier molecular flexibility index (Phi) is 1.65. The third-order valence-electron chi connectivity index (χ3n) is 2.44. The van der Waals surface area contributed by atoms with Crippen molar-refractivity contribution in [2.75, 3.05) is 0 Å². The third-order valence-corrected chi connectivity index (χ3v) is 2.44. The lowest BCUT2D eigenvalue weighted by molar-refractivity contribution is 0.796. The SMILES string of the molecule is CC1N=CCC2=C1C=CCC2. The Morgan fingerprint density at radius 2 is 2.45 bits per heavy atom. The molecule has 1 unspecified atom stereocenters. The number of allylic oxidation sites excluding steroid dienone is 2. The van der Waals surface area contributed by atoms with Gasteiger partial charge in [0.05, 0.1) is 6.04 Å². The molecule has 0 bridgehead atoms. The second kappa shape index (κ2) is 2.65. The fourth-order valence-corrected chi connectivity index (χ4v) is 1.79. The van der Waals surface area contributed by atoms with E-state index in [0.29, 0.717) is 6.04 Å². The molecule has 0 saturated heterocycles. The first-order chi connectivity index (χ1) is 5.38. The lowest BCUT2D eigenvalue weighted by Crippen LogP contribution is -2.12. The zero-order valence-corrected chi connectivity index (χ0v) is 6.88. The van der Waals surface area contributed by atoms with E-state index in [1.807, 2.05) is 0 Å². The summed E-state index contributed by atoms with van der Waals surface area (Å²) in [5.41, 5.74) is 3.08. The van der Waals surface area contributed by atoms with Crippen molar-refractivity contribution in [1.82, 2.24) is 0 Å². The van der Waals surface area contributed by atoms with Crippen LogP contribution >= 0.6 is 0 Å². The standard InChI is InChI=1S/C10H13N/c1-8-10-5-3-2-4-9(10)6-7-11-8/h3,5,7-8H,2,4,6H2,1H3. The van der Waals surface area contributed by atoms with E-state index in [1.165, 1.54) is 18.4 Å². The van der Waals surface area contributed by atoms with Gasteiger partial charge in [0.2, 0.25) is 0 Å². The van der Waals surface area contributed by atoms with Crippen LogP contribution in [0.5, 0.6) is 0 Å². The van der Waals surface area contributed by atoms with Crippen LogP contribution in [0.2, 0.25) is 0 Å². The highest BCUT2D eigenvalue weighted by Gasteiger charge is 2.15. The molecule has 1 heterocycles. The summed E-state index contributed by atoms with van der Waals surface area (Å²) in [7, 11) is 0. The predicted molar refractivity (Wildman–Crippen MR) is 48.0 cm³/mol. The first kappa shape index (κ1) is 6.84. The Bertz CT molecular complexity index is 246. The number of rotatable bonds is 0. The van der Waals surface area contributed by atoms with Gasteiger partial charge in [-0.25, -0.2) is 0 Å². The molecular weight excluding hydrogens is 134 g/mol. The highest BCUT2D eigenvalue weighted by molar-refractivity contribution is 5.66. The van der Waals surface area contributed by atoms with Crippen LogP contribution in [0.1, 0.15) is 26.2 Å². The summed E-state index contributed by atoms with van der Waals surface area (Å²) >= 11 is 0. The van der Waals surface area contributed by atoms with Gasteiger partial charge in [0.15, 0.2) is 0 Å². The largest absolute Gasteiger partial charge is 0.289 e. The van der Waals surface area contributed by atoms with Crippen molar-refractivity contribution in [2.45, 2.75) is 32.2 Å². The second-order valence-corrected chi connectivity index (χ2v) is 3.21. The Hall–Kier alpha value is -0.850. The minimum absolute atomic E-state index is 0.412. The van der Waals surface area contributed by atoms with Crippen molar-refractivity contribution >= 4 is 6.21 Å². The lowest BCUT2D eigenvalue weighted by atomic mass is 9.90.